The molecule has 1 atom stereocenters. The number of hydrogen-bond donors (Lipinski definition) is 2. The van der Waals surface area contributed by atoms with Crippen LogP contribution in [0, 0.1) is 0 Å². The number of aliphatic hydroxyl groups is 1. The molecule has 2 N–H and O–H groups in total. The molecule has 2 aliphatic carbocycles. The van der Waals surface area contributed by atoms with E-state index in [1.54, 1.807) is 9.80 Å². The molecule has 0 radical (unpaired) electrons. The van der Waals surface area contributed by atoms with Gasteiger partial charge in [0.05, 0.1) is 10.6 Å². The Labute approximate surface area is 243 Å². The second kappa shape index (κ2) is 11.4. The number of benzene rings is 2. The van der Waals surface area contributed by atoms with E-state index in [0.29, 0.717) is 49.6 Å². The Morgan fingerprint density at radius 3 is 2.10 bits per heavy atom. The zero-order valence-corrected chi connectivity index (χ0v) is 24.2. The summed E-state index contributed by atoms with van der Waals surface area (Å²) >= 11 is 6.88. The van der Waals surface area contributed by atoms with Gasteiger partial charge in [-0.25, -0.2) is 0 Å². The Hall–Kier alpha value is -2.57. The van der Waals surface area contributed by atoms with E-state index in [1.165, 1.54) is 74.6 Å². The van der Waals surface area contributed by atoms with E-state index in [9.17, 15) is 14.7 Å². The minimum absolute atomic E-state index is 0.0581. The molecule has 3 fully saturated rings. The van der Waals surface area contributed by atoms with Gasteiger partial charge < -0.3 is 20.2 Å². The summed E-state index contributed by atoms with van der Waals surface area (Å²) in [6.07, 6.45) is 12.5. The van der Waals surface area contributed by atoms with Crippen LogP contribution in [0.25, 0.3) is 0 Å². The van der Waals surface area contributed by atoms with E-state index in [-0.39, 0.29) is 23.1 Å². The van der Waals surface area contributed by atoms with Crippen LogP contribution in [0.1, 0.15) is 98.0 Å². The predicted molar refractivity (Wildman–Crippen MR) is 159 cm³/mol. The zero-order chi connectivity index (χ0) is 27.7. The Morgan fingerprint density at radius 2 is 1.45 bits per heavy atom. The van der Waals surface area contributed by atoms with Crippen molar-refractivity contribution in [1.29, 1.82) is 0 Å². The molecule has 40 heavy (non-hydrogen) atoms. The van der Waals surface area contributed by atoms with Crippen molar-refractivity contribution in [3.05, 3.63) is 64.2 Å². The van der Waals surface area contributed by atoms with Crippen molar-refractivity contribution in [3.8, 4) is 0 Å². The third kappa shape index (κ3) is 5.25. The smallest absolute Gasteiger partial charge is 0.255 e. The van der Waals surface area contributed by atoms with Gasteiger partial charge in [-0.15, -0.1) is 0 Å². The van der Waals surface area contributed by atoms with Gasteiger partial charge in [-0.3, -0.25) is 9.59 Å². The van der Waals surface area contributed by atoms with E-state index in [2.05, 4.69) is 35.6 Å². The quantitative estimate of drug-likeness (QED) is 0.472. The highest BCUT2D eigenvalue weighted by Crippen LogP contribution is 2.52. The number of amides is 2. The molecule has 1 unspecified atom stereocenters. The van der Waals surface area contributed by atoms with Crippen LogP contribution in [0.4, 0.5) is 5.69 Å². The van der Waals surface area contributed by atoms with Crippen LogP contribution < -0.4 is 5.32 Å². The highest BCUT2D eigenvalue weighted by molar-refractivity contribution is 6.33. The summed E-state index contributed by atoms with van der Waals surface area (Å²) in [4.78, 5) is 29.5. The number of hydrogen-bond acceptors (Lipinski definition) is 4. The number of piperazine rings is 1. The maximum absolute atomic E-state index is 13.5. The van der Waals surface area contributed by atoms with Gasteiger partial charge in [-0.1, -0.05) is 80.8 Å². The van der Waals surface area contributed by atoms with E-state index >= 15 is 0 Å². The Kier molecular flexibility index (Phi) is 7.84. The van der Waals surface area contributed by atoms with Crippen LogP contribution in [0.5, 0.6) is 0 Å². The lowest BCUT2D eigenvalue weighted by atomic mass is 9.60. The SMILES string of the molecule is O=C(c1ccc(C2CNc3ccccc3C23CCCCCCCCC3)cc1Cl)N1CCN(C(=O)C2(O)CC2)CC1. The maximum atomic E-state index is 13.5. The molecule has 6 nitrogen and oxygen atoms in total. The molecule has 6 rings (SSSR count). The first-order valence-corrected chi connectivity index (χ1v) is 15.7. The summed E-state index contributed by atoms with van der Waals surface area (Å²) in [5.41, 5.74) is 3.32. The lowest BCUT2D eigenvalue weighted by Gasteiger charge is -2.47. The number of nitrogens with one attached hydrogen (secondary N) is 1. The number of para-hydroxylation sites is 1. The molecule has 1 saturated heterocycles. The molecule has 2 aliphatic heterocycles. The monoisotopic (exact) mass is 563 g/mol. The first-order chi connectivity index (χ1) is 19.4. The summed E-state index contributed by atoms with van der Waals surface area (Å²) in [6, 6.07) is 14.9. The first kappa shape index (κ1) is 27.6. The van der Waals surface area contributed by atoms with Crippen molar-refractivity contribution in [1.82, 2.24) is 9.80 Å². The number of anilines is 1. The maximum Gasteiger partial charge on any atom is 0.255 e. The third-order valence-electron chi connectivity index (χ3n) is 9.97. The van der Waals surface area contributed by atoms with E-state index in [0.717, 1.165) is 6.54 Å². The van der Waals surface area contributed by atoms with Gasteiger partial charge in [0.15, 0.2) is 0 Å². The number of carbonyl (C=O) groups is 2. The molecule has 2 aromatic carbocycles. The molecule has 0 aromatic heterocycles. The third-order valence-corrected chi connectivity index (χ3v) is 10.3. The molecule has 2 heterocycles. The average Bonchev–Trinajstić information content (AvgIpc) is 3.74. The molecule has 2 saturated carbocycles. The predicted octanol–water partition coefficient (Wildman–Crippen LogP) is 6.12. The standard InChI is InChI=1S/C33H42ClN3O3/c34-28-22-24(12-13-25(28)30(38)36-18-20-37(21-19-36)31(39)33(40)16-17-33)27-23-35-29-11-7-6-10-26(29)32(27)14-8-4-2-1-3-5-9-15-32/h6-7,10-13,22,27,35,40H,1-5,8-9,14-21,23H2. The normalized spacial score (nSPS) is 24.1. The number of fused-ring (bicyclic) bond motifs is 2. The minimum Gasteiger partial charge on any atom is -0.384 e. The Bertz CT molecular complexity index is 1240. The molecule has 7 heteroatoms. The molecule has 2 aromatic rings. The second-order valence-electron chi connectivity index (χ2n) is 12.5. The largest absolute Gasteiger partial charge is 0.384 e. The summed E-state index contributed by atoms with van der Waals surface area (Å²) in [6.45, 7) is 2.65. The van der Waals surface area contributed by atoms with Crippen LogP contribution in [-0.4, -0.2) is 65.0 Å². The van der Waals surface area contributed by atoms with Gasteiger partial charge in [-0.2, -0.15) is 0 Å². The van der Waals surface area contributed by atoms with Crippen LogP contribution in [0.2, 0.25) is 5.02 Å². The lowest BCUT2D eigenvalue weighted by Crippen LogP contribution is -2.53. The van der Waals surface area contributed by atoms with Crippen LogP contribution in [-0.2, 0) is 10.2 Å². The van der Waals surface area contributed by atoms with E-state index in [1.807, 2.05) is 12.1 Å². The van der Waals surface area contributed by atoms with Gasteiger partial charge in [0.25, 0.3) is 11.8 Å². The summed E-state index contributed by atoms with van der Waals surface area (Å²) in [5, 5.41) is 14.4. The summed E-state index contributed by atoms with van der Waals surface area (Å²) in [5.74, 6) is -0.000292. The van der Waals surface area contributed by atoms with Crippen molar-refractivity contribution in [2.45, 2.75) is 87.6 Å². The molecule has 4 aliphatic rings. The summed E-state index contributed by atoms with van der Waals surface area (Å²) < 4.78 is 0. The van der Waals surface area contributed by atoms with Crippen molar-refractivity contribution in [2.75, 3.05) is 38.0 Å². The fraction of sp³-hybridized carbons (Fsp3) is 0.576. The fourth-order valence-corrected chi connectivity index (χ4v) is 7.71. The molecular formula is C33H42ClN3O3. The van der Waals surface area contributed by atoms with E-state index in [4.69, 9.17) is 11.6 Å². The van der Waals surface area contributed by atoms with Gasteiger partial charge in [-0.05, 0) is 55.0 Å². The topological polar surface area (TPSA) is 72.9 Å². The van der Waals surface area contributed by atoms with Gasteiger partial charge in [0.2, 0.25) is 0 Å². The zero-order valence-electron chi connectivity index (χ0n) is 23.5. The van der Waals surface area contributed by atoms with Crippen LogP contribution in [0.15, 0.2) is 42.5 Å². The molecule has 1 spiro atoms. The first-order valence-electron chi connectivity index (χ1n) is 15.4. The molecular weight excluding hydrogens is 522 g/mol. The van der Waals surface area contributed by atoms with Crippen molar-refractivity contribution in [2.24, 2.45) is 0 Å². The number of halogens is 1. The molecule has 2 amide bonds. The number of nitrogens with zero attached hydrogens (tertiary/aromatic N) is 2. The van der Waals surface area contributed by atoms with Gasteiger partial charge in [0, 0.05) is 49.7 Å². The molecule has 0 bridgehead atoms. The number of carbonyl (C=O) groups excluding carboxylic acids is 2. The van der Waals surface area contributed by atoms with Crippen molar-refractivity contribution >= 4 is 29.1 Å². The molecule has 214 valence electrons. The summed E-state index contributed by atoms with van der Waals surface area (Å²) in [7, 11) is 0. The fourth-order valence-electron chi connectivity index (χ4n) is 7.44. The van der Waals surface area contributed by atoms with Gasteiger partial charge in [0.1, 0.15) is 5.60 Å². The van der Waals surface area contributed by atoms with Crippen LogP contribution >= 0.6 is 11.6 Å². The van der Waals surface area contributed by atoms with Crippen LogP contribution in [0.3, 0.4) is 0 Å². The highest BCUT2D eigenvalue weighted by atomic mass is 35.5. The minimum atomic E-state index is -1.16. The van der Waals surface area contributed by atoms with Crippen molar-refractivity contribution in [3.63, 3.8) is 0 Å². The lowest BCUT2D eigenvalue weighted by molar-refractivity contribution is -0.143. The second-order valence-corrected chi connectivity index (χ2v) is 12.9. The van der Waals surface area contributed by atoms with E-state index < -0.39 is 5.60 Å². The number of rotatable bonds is 3. The highest BCUT2D eigenvalue weighted by Gasteiger charge is 2.50. The Morgan fingerprint density at radius 1 is 0.825 bits per heavy atom. The average molecular weight is 564 g/mol. The van der Waals surface area contributed by atoms with Crippen molar-refractivity contribution < 1.29 is 14.7 Å². The Balaban J connectivity index is 1.23. The van der Waals surface area contributed by atoms with Gasteiger partial charge >= 0.3 is 0 Å².